The standard InChI is InChI=1S/C15H15.Y/c1-2-13-8-10-15(11-9-13)12-14-6-4-3-5-7-14;/h4-11H,2,12H2,1H3;/q-1;. The Balaban J connectivity index is 0.00000128. The van der Waals surface area contributed by atoms with Gasteiger partial charge in [0.05, 0.1) is 0 Å². The Bertz CT molecular complexity index is 403. The minimum atomic E-state index is 0. The van der Waals surface area contributed by atoms with E-state index < -0.39 is 0 Å². The van der Waals surface area contributed by atoms with Crippen molar-refractivity contribution in [2.24, 2.45) is 0 Å². The molecule has 0 atom stereocenters. The molecule has 2 aromatic carbocycles. The molecule has 16 heavy (non-hydrogen) atoms. The molecule has 0 amide bonds. The topological polar surface area (TPSA) is 0 Å². The summed E-state index contributed by atoms with van der Waals surface area (Å²) in [5.74, 6) is 0. The van der Waals surface area contributed by atoms with Gasteiger partial charge in [-0.2, -0.15) is 35.9 Å². The largest absolute Gasteiger partial charge is 0.184 e. The third-order valence-electron chi connectivity index (χ3n) is 2.63. The van der Waals surface area contributed by atoms with Gasteiger partial charge in [0.25, 0.3) is 0 Å². The molecule has 0 fully saturated rings. The first kappa shape index (κ1) is 13.6. The number of rotatable bonds is 3. The van der Waals surface area contributed by atoms with Crippen LogP contribution < -0.4 is 0 Å². The molecule has 2 aromatic rings. The van der Waals surface area contributed by atoms with E-state index in [0.29, 0.717) is 0 Å². The number of aryl methyl sites for hydroxylation is 1. The molecule has 0 heterocycles. The maximum atomic E-state index is 3.04. The molecule has 2 rings (SSSR count). The summed E-state index contributed by atoms with van der Waals surface area (Å²) in [4.78, 5) is 0. The van der Waals surface area contributed by atoms with Crippen LogP contribution in [0.2, 0.25) is 0 Å². The van der Waals surface area contributed by atoms with Crippen molar-refractivity contribution in [2.75, 3.05) is 0 Å². The molecule has 0 saturated heterocycles. The molecule has 0 nitrogen and oxygen atoms in total. The van der Waals surface area contributed by atoms with Crippen LogP contribution in [0.15, 0.2) is 48.5 Å². The fraction of sp³-hybridized carbons (Fsp3) is 0.200. The van der Waals surface area contributed by atoms with Crippen molar-refractivity contribution in [1.29, 1.82) is 0 Å². The molecule has 0 saturated carbocycles. The minimum Gasteiger partial charge on any atom is -0.184 e. The third-order valence-corrected chi connectivity index (χ3v) is 2.63. The number of hydrogen-bond donors (Lipinski definition) is 0. The fourth-order valence-electron chi connectivity index (χ4n) is 1.67. The molecule has 1 heteroatoms. The predicted molar refractivity (Wildman–Crippen MR) is 63.9 cm³/mol. The Hall–Kier alpha value is -0.456. The van der Waals surface area contributed by atoms with Crippen LogP contribution in [-0.4, -0.2) is 0 Å². The van der Waals surface area contributed by atoms with Gasteiger partial charge in [0.15, 0.2) is 0 Å². The van der Waals surface area contributed by atoms with Crippen LogP contribution in [0.1, 0.15) is 23.6 Å². The monoisotopic (exact) mass is 284 g/mol. The fourth-order valence-corrected chi connectivity index (χ4v) is 1.67. The summed E-state index contributed by atoms with van der Waals surface area (Å²) in [6.07, 6.45) is 2.12. The van der Waals surface area contributed by atoms with Crippen molar-refractivity contribution in [3.8, 4) is 0 Å². The smallest absolute Gasteiger partial charge is 0 e. The molecule has 0 bridgehead atoms. The number of benzene rings is 2. The Labute approximate surface area is 123 Å². The van der Waals surface area contributed by atoms with E-state index >= 15 is 0 Å². The second-order valence-electron chi connectivity index (χ2n) is 3.76. The maximum Gasteiger partial charge on any atom is 0 e. The average Bonchev–Trinajstić information content (AvgIpc) is 2.31. The quantitative estimate of drug-likeness (QED) is 0.755. The van der Waals surface area contributed by atoms with E-state index in [4.69, 9.17) is 0 Å². The van der Waals surface area contributed by atoms with Gasteiger partial charge in [-0.15, -0.1) is 0 Å². The van der Waals surface area contributed by atoms with Crippen LogP contribution in [0.4, 0.5) is 0 Å². The zero-order chi connectivity index (χ0) is 10.5. The van der Waals surface area contributed by atoms with Crippen LogP contribution in [-0.2, 0) is 45.6 Å². The zero-order valence-corrected chi connectivity index (χ0v) is 12.4. The Morgan fingerprint density at radius 3 is 1.88 bits per heavy atom. The summed E-state index contributed by atoms with van der Waals surface area (Å²) >= 11 is 0. The summed E-state index contributed by atoms with van der Waals surface area (Å²) in [5, 5.41) is 0. The van der Waals surface area contributed by atoms with E-state index in [0.717, 1.165) is 12.8 Å². The van der Waals surface area contributed by atoms with Crippen molar-refractivity contribution < 1.29 is 32.7 Å². The first-order valence-electron chi connectivity index (χ1n) is 5.41. The van der Waals surface area contributed by atoms with Gasteiger partial charge >= 0.3 is 0 Å². The summed E-state index contributed by atoms with van der Waals surface area (Å²) in [6, 6.07) is 20.1. The molecule has 0 aliphatic carbocycles. The van der Waals surface area contributed by atoms with Crippen molar-refractivity contribution in [1.82, 2.24) is 0 Å². The van der Waals surface area contributed by atoms with Gasteiger partial charge in [-0.05, 0) is 24.0 Å². The van der Waals surface area contributed by atoms with Crippen LogP contribution in [0.5, 0.6) is 0 Å². The van der Waals surface area contributed by atoms with Crippen LogP contribution >= 0.6 is 0 Å². The van der Waals surface area contributed by atoms with E-state index in [2.05, 4.69) is 49.4 Å². The molecule has 0 aliphatic rings. The van der Waals surface area contributed by atoms with Gasteiger partial charge in [0.1, 0.15) is 0 Å². The van der Waals surface area contributed by atoms with Crippen molar-refractivity contribution >= 4 is 0 Å². The number of hydrogen-bond acceptors (Lipinski definition) is 0. The van der Waals surface area contributed by atoms with Gasteiger partial charge < -0.3 is 0 Å². The van der Waals surface area contributed by atoms with Gasteiger partial charge in [0, 0.05) is 32.7 Å². The molecule has 0 aliphatic heterocycles. The summed E-state index contributed by atoms with van der Waals surface area (Å²) in [5.41, 5.74) is 4.12. The molecular weight excluding hydrogens is 269 g/mol. The van der Waals surface area contributed by atoms with E-state index in [1.807, 2.05) is 12.1 Å². The van der Waals surface area contributed by atoms with Crippen LogP contribution in [0, 0.1) is 6.07 Å². The van der Waals surface area contributed by atoms with Crippen molar-refractivity contribution in [2.45, 2.75) is 19.8 Å². The van der Waals surface area contributed by atoms with Crippen molar-refractivity contribution in [3.05, 3.63) is 71.3 Å². The molecule has 0 N–H and O–H groups in total. The second kappa shape index (κ2) is 6.98. The zero-order valence-electron chi connectivity index (χ0n) is 9.61. The molecule has 0 spiro atoms. The first-order valence-corrected chi connectivity index (χ1v) is 5.41. The molecule has 0 unspecified atom stereocenters. The molecule has 79 valence electrons. The minimum absolute atomic E-state index is 0. The van der Waals surface area contributed by atoms with Gasteiger partial charge in [-0.1, -0.05) is 31.2 Å². The van der Waals surface area contributed by atoms with Crippen LogP contribution in [0.25, 0.3) is 0 Å². The van der Waals surface area contributed by atoms with E-state index in [1.54, 1.807) is 0 Å². The molecular formula is C15H15Y-. The van der Waals surface area contributed by atoms with E-state index in [9.17, 15) is 0 Å². The van der Waals surface area contributed by atoms with Gasteiger partial charge in [-0.3, -0.25) is 0 Å². The van der Waals surface area contributed by atoms with E-state index in [1.165, 1.54) is 16.7 Å². The molecule has 1 radical (unpaired) electrons. The molecule has 0 aromatic heterocycles. The predicted octanol–water partition coefficient (Wildman–Crippen LogP) is 3.64. The normalized spacial score (nSPS) is 9.56. The third kappa shape index (κ3) is 3.84. The van der Waals surface area contributed by atoms with Crippen LogP contribution in [0.3, 0.4) is 0 Å². The second-order valence-corrected chi connectivity index (χ2v) is 3.76. The van der Waals surface area contributed by atoms with E-state index in [-0.39, 0.29) is 32.7 Å². The Morgan fingerprint density at radius 1 is 0.812 bits per heavy atom. The van der Waals surface area contributed by atoms with Crippen molar-refractivity contribution in [3.63, 3.8) is 0 Å². The Kier molecular flexibility index (Phi) is 5.94. The first-order chi connectivity index (χ1) is 7.38. The SMILES string of the molecule is CCc1ccc(Cc2cc[c-]cc2)cc1.[Y]. The van der Waals surface area contributed by atoms with Gasteiger partial charge in [0.2, 0.25) is 0 Å². The van der Waals surface area contributed by atoms with Gasteiger partial charge in [-0.25, -0.2) is 0 Å². The Morgan fingerprint density at radius 2 is 1.31 bits per heavy atom. The summed E-state index contributed by atoms with van der Waals surface area (Å²) < 4.78 is 0. The summed E-state index contributed by atoms with van der Waals surface area (Å²) in [7, 11) is 0. The maximum absolute atomic E-state index is 3.04. The average molecular weight is 284 g/mol. The summed E-state index contributed by atoms with van der Waals surface area (Å²) in [6.45, 7) is 2.18.